The second kappa shape index (κ2) is 8.03. The second-order valence-corrected chi connectivity index (χ2v) is 10.6. The van der Waals surface area contributed by atoms with E-state index < -0.39 is 27.5 Å². The van der Waals surface area contributed by atoms with Crippen LogP contribution in [0.3, 0.4) is 0 Å². The highest BCUT2D eigenvalue weighted by Gasteiger charge is 2.26. The van der Waals surface area contributed by atoms with E-state index in [2.05, 4.69) is 5.10 Å². The molecule has 0 atom stereocenters. The molecule has 7 nitrogen and oxygen atoms in total. The molecule has 0 fully saturated rings. The molecule has 0 aliphatic heterocycles. The first kappa shape index (κ1) is 22.9. The Balaban J connectivity index is 2.20. The van der Waals surface area contributed by atoms with Crippen LogP contribution in [0.4, 0.5) is 0 Å². The van der Waals surface area contributed by atoms with Crippen LogP contribution in [0, 0.1) is 6.92 Å². The SMILES string of the molecule is COc1ccc(-c2c(S(C)(O)O)ccc(C(=O)c3c[nH]n(C(C)(C)C)c3=O)c2C)cc1. The van der Waals surface area contributed by atoms with E-state index in [1.54, 1.807) is 50.4 Å². The van der Waals surface area contributed by atoms with Crippen LogP contribution in [0.15, 0.2) is 52.3 Å². The summed E-state index contributed by atoms with van der Waals surface area (Å²) in [5.74, 6) is 0.240. The topological polar surface area (TPSA) is 105 Å². The first-order chi connectivity index (χ1) is 14.4. The molecule has 166 valence electrons. The zero-order chi connectivity index (χ0) is 23.1. The summed E-state index contributed by atoms with van der Waals surface area (Å²) in [6.45, 7) is 7.35. The summed E-state index contributed by atoms with van der Waals surface area (Å²) < 4.78 is 27.4. The molecule has 1 aromatic heterocycles. The number of hydrogen-bond acceptors (Lipinski definition) is 5. The van der Waals surface area contributed by atoms with Gasteiger partial charge in [-0.1, -0.05) is 12.1 Å². The molecule has 0 radical (unpaired) electrons. The van der Waals surface area contributed by atoms with Gasteiger partial charge >= 0.3 is 0 Å². The van der Waals surface area contributed by atoms with Crippen molar-refractivity contribution in [3.63, 3.8) is 0 Å². The fourth-order valence-electron chi connectivity index (χ4n) is 3.55. The number of methoxy groups -OCH3 is 1. The largest absolute Gasteiger partial charge is 0.497 e. The molecule has 0 saturated carbocycles. The van der Waals surface area contributed by atoms with Gasteiger partial charge in [-0.05, 0) is 63.1 Å². The van der Waals surface area contributed by atoms with Crippen molar-refractivity contribution in [3.05, 3.63) is 69.6 Å². The van der Waals surface area contributed by atoms with Gasteiger partial charge in [0.2, 0.25) is 0 Å². The van der Waals surface area contributed by atoms with Crippen molar-refractivity contribution in [1.29, 1.82) is 0 Å². The lowest BCUT2D eigenvalue weighted by Crippen LogP contribution is -2.34. The molecule has 0 bridgehead atoms. The van der Waals surface area contributed by atoms with Gasteiger partial charge in [-0.15, -0.1) is 0 Å². The molecular formula is C23H28N2O5S. The Bertz CT molecular complexity index is 1180. The van der Waals surface area contributed by atoms with Crippen molar-refractivity contribution in [1.82, 2.24) is 9.78 Å². The quantitative estimate of drug-likeness (QED) is 0.486. The third kappa shape index (κ3) is 4.32. The van der Waals surface area contributed by atoms with Gasteiger partial charge in [-0.25, -0.2) is 4.68 Å². The minimum absolute atomic E-state index is 0.0366. The van der Waals surface area contributed by atoms with Crippen LogP contribution in [0.25, 0.3) is 11.1 Å². The summed E-state index contributed by atoms with van der Waals surface area (Å²) in [5.41, 5.74) is 1.31. The molecule has 0 aliphatic carbocycles. The van der Waals surface area contributed by atoms with E-state index in [0.717, 1.165) is 0 Å². The number of ketones is 1. The average Bonchev–Trinajstić information content (AvgIpc) is 3.08. The molecule has 0 saturated heterocycles. The summed E-state index contributed by atoms with van der Waals surface area (Å²) in [7, 11) is -1.50. The Morgan fingerprint density at radius 1 is 1.06 bits per heavy atom. The lowest BCUT2D eigenvalue weighted by atomic mass is 9.93. The zero-order valence-corrected chi connectivity index (χ0v) is 19.3. The number of rotatable bonds is 5. The third-order valence-corrected chi connectivity index (χ3v) is 6.33. The Morgan fingerprint density at radius 3 is 2.16 bits per heavy atom. The molecule has 8 heteroatoms. The number of carbonyl (C=O) groups is 1. The molecule has 3 N–H and O–H groups in total. The van der Waals surface area contributed by atoms with E-state index in [4.69, 9.17) is 4.74 Å². The predicted molar refractivity (Wildman–Crippen MR) is 124 cm³/mol. The number of benzene rings is 2. The summed E-state index contributed by atoms with van der Waals surface area (Å²) in [6, 6.07) is 10.2. The Labute approximate surface area is 183 Å². The molecule has 31 heavy (non-hydrogen) atoms. The van der Waals surface area contributed by atoms with E-state index in [-0.39, 0.29) is 5.56 Å². The maximum absolute atomic E-state index is 13.3. The number of hydrogen-bond donors (Lipinski definition) is 3. The first-order valence-corrected chi connectivity index (χ1v) is 11.7. The molecule has 3 aromatic rings. The molecule has 3 rings (SSSR count). The summed E-state index contributed by atoms with van der Waals surface area (Å²) in [4.78, 5) is 26.5. The average molecular weight is 445 g/mol. The lowest BCUT2D eigenvalue weighted by Gasteiger charge is -2.31. The van der Waals surface area contributed by atoms with Crippen molar-refractivity contribution >= 4 is 16.4 Å². The summed E-state index contributed by atoms with van der Waals surface area (Å²) in [6.07, 6.45) is 2.77. The minimum atomic E-state index is -3.06. The monoisotopic (exact) mass is 444 g/mol. The fourth-order valence-corrected chi connectivity index (χ4v) is 4.53. The number of H-pyrrole nitrogens is 1. The van der Waals surface area contributed by atoms with Gasteiger partial charge in [0.05, 0.1) is 17.5 Å². The van der Waals surface area contributed by atoms with E-state index in [1.165, 1.54) is 17.1 Å². The molecule has 0 spiro atoms. The second-order valence-electron chi connectivity index (χ2n) is 8.50. The Morgan fingerprint density at radius 2 is 1.68 bits per heavy atom. The zero-order valence-electron chi connectivity index (χ0n) is 18.5. The number of carbonyl (C=O) groups excluding carboxylic acids is 1. The van der Waals surface area contributed by atoms with Crippen LogP contribution < -0.4 is 10.3 Å². The third-order valence-electron chi connectivity index (χ3n) is 5.15. The fraction of sp³-hybridized carbons (Fsp3) is 0.304. The van der Waals surface area contributed by atoms with Crippen LogP contribution in [-0.2, 0) is 5.54 Å². The number of aromatic amines is 1. The van der Waals surface area contributed by atoms with Crippen LogP contribution in [0.1, 0.15) is 42.3 Å². The molecule has 0 amide bonds. The molecule has 0 aliphatic rings. The van der Waals surface area contributed by atoms with Crippen LogP contribution in [0.5, 0.6) is 5.75 Å². The van der Waals surface area contributed by atoms with Crippen molar-refractivity contribution < 1.29 is 18.6 Å². The molecule has 0 unspecified atom stereocenters. The van der Waals surface area contributed by atoms with Gasteiger partial charge < -0.3 is 9.84 Å². The van der Waals surface area contributed by atoms with Gasteiger partial charge in [-0.3, -0.25) is 18.7 Å². The number of aromatic nitrogens is 2. The van der Waals surface area contributed by atoms with E-state index in [1.807, 2.05) is 20.8 Å². The van der Waals surface area contributed by atoms with Crippen LogP contribution in [0.2, 0.25) is 0 Å². The maximum Gasteiger partial charge on any atom is 0.278 e. The van der Waals surface area contributed by atoms with Crippen molar-refractivity contribution in [2.24, 2.45) is 0 Å². The van der Waals surface area contributed by atoms with Crippen molar-refractivity contribution in [2.75, 3.05) is 13.4 Å². The highest BCUT2D eigenvalue weighted by atomic mass is 32.3. The van der Waals surface area contributed by atoms with E-state index >= 15 is 0 Å². The van der Waals surface area contributed by atoms with Gasteiger partial charge in [0.15, 0.2) is 5.78 Å². The van der Waals surface area contributed by atoms with E-state index in [9.17, 15) is 18.7 Å². The minimum Gasteiger partial charge on any atom is -0.497 e. The van der Waals surface area contributed by atoms with Gasteiger partial charge in [-0.2, -0.15) is 10.6 Å². The first-order valence-electron chi connectivity index (χ1n) is 9.73. The highest BCUT2D eigenvalue weighted by molar-refractivity contribution is 8.23. The van der Waals surface area contributed by atoms with Crippen molar-refractivity contribution in [3.8, 4) is 16.9 Å². The van der Waals surface area contributed by atoms with Crippen molar-refractivity contribution in [2.45, 2.75) is 38.1 Å². The van der Waals surface area contributed by atoms with E-state index in [0.29, 0.717) is 32.9 Å². The molecular weight excluding hydrogens is 416 g/mol. The predicted octanol–water partition coefficient (Wildman–Crippen LogP) is 4.89. The van der Waals surface area contributed by atoms with Gasteiger partial charge in [0.1, 0.15) is 11.3 Å². The van der Waals surface area contributed by atoms with Gasteiger partial charge in [0, 0.05) is 23.6 Å². The Hall–Kier alpha value is -2.81. The normalized spacial score (nSPS) is 12.6. The maximum atomic E-state index is 13.3. The Kier molecular flexibility index (Phi) is 5.92. The standard InChI is InChI=1S/C23H28N2O5S/c1-14-17(21(26)18-13-24-25(22(18)27)23(2,3)4)11-12-19(31(6,28)29)20(14)15-7-9-16(30-5)10-8-15/h7-13,24,28-29H,1-6H3. The molecule has 1 heterocycles. The summed E-state index contributed by atoms with van der Waals surface area (Å²) in [5, 5.41) is 2.87. The summed E-state index contributed by atoms with van der Waals surface area (Å²) >= 11 is 0. The lowest BCUT2D eigenvalue weighted by molar-refractivity contribution is 0.103. The smallest absolute Gasteiger partial charge is 0.278 e. The number of nitrogens with zero attached hydrogens (tertiary/aromatic N) is 1. The number of nitrogens with one attached hydrogen (secondary N) is 1. The highest BCUT2D eigenvalue weighted by Crippen LogP contribution is 2.50. The van der Waals surface area contributed by atoms with Gasteiger partial charge in [0.25, 0.3) is 5.56 Å². The van der Waals surface area contributed by atoms with Crippen LogP contribution in [-0.4, -0.2) is 38.0 Å². The van der Waals surface area contributed by atoms with Crippen LogP contribution >= 0.6 is 10.6 Å². The number of ether oxygens (including phenoxy) is 1. The molecule has 2 aromatic carbocycles.